The van der Waals surface area contributed by atoms with Crippen LogP contribution in [-0.2, 0) is 11.3 Å². The highest BCUT2D eigenvalue weighted by Crippen LogP contribution is 2.26. The van der Waals surface area contributed by atoms with E-state index < -0.39 is 5.97 Å². The lowest BCUT2D eigenvalue weighted by molar-refractivity contribution is 0.0468. The second-order valence-corrected chi connectivity index (χ2v) is 6.57. The Morgan fingerprint density at radius 1 is 1.24 bits per heavy atom. The molecule has 25 heavy (non-hydrogen) atoms. The molecule has 0 radical (unpaired) electrons. The maximum atomic E-state index is 12.0. The number of carbonyl (C=O) groups excluding carboxylic acids is 1. The van der Waals surface area contributed by atoms with E-state index in [1.807, 2.05) is 29.6 Å². The predicted molar refractivity (Wildman–Crippen MR) is 97.5 cm³/mol. The van der Waals surface area contributed by atoms with Gasteiger partial charge in [0.15, 0.2) is 0 Å². The van der Waals surface area contributed by atoms with Crippen molar-refractivity contribution in [2.75, 3.05) is 7.11 Å². The molecule has 0 aliphatic heterocycles. The molecule has 5 nitrogen and oxygen atoms in total. The number of hydrogen-bond acceptors (Lipinski definition) is 6. The smallest absolute Gasteiger partial charge is 0.340 e. The van der Waals surface area contributed by atoms with E-state index in [4.69, 9.17) is 32.7 Å². The van der Waals surface area contributed by atoms with Crippen molar-refractivity contribution < 1.29 is 14.3 Å². The fraction of sp³-hybridized carbons (Fsp3) is 0.118. The largest absolute Gasteiger partial charge is 0.497 e. The highest BCUT2D eigenvalue weighted by Gasteiger charge is 2.12. The lowest BCUT2D eigenvalue weighted by Gasteiger charge is -2.03. The average molecular weight is 395 g/mol. The van der Waals surface area contributed by atoms with Gasteiger partial charge in [-0.2, -0.15) is 0 Å². The van der Waals surface area contributed by atoms with Crippen molar-refractivity contribution >= 4 is 40.5 Å². The quantitative estimate of drug-likeness (QED) is 0.455. The zero-order valence-corrected chi connectivity index (χ0v) is 15.4. The molecule has 8 heteroatoms. The van der Waals surface area contributed by atoms with Gasteiger partial charge in [-0.1, -0.05) is 23.2 Å². The summed E-state index contributed by atoms with van der Waals surface area (Å²) in [4.78, 5) is 20.3. The SMILES string of the molecule is COc1ccc(-c2nc(COC(=O)c3cnc(Cl)c(Cl)c3)cs2)cc1. The van der Waals surface area contributed by atoms with Gasteiger partial charge >= 0.3 is 5.97 Å². The van der Waals surface area contributed by atoms with Gasteiger partial charge in [-0.25, -0.2) is 14.8 Å². The molecule has 2 heterocycles. The van der Waals surface area contributed by atoms with Crippen LogP contribution in [0.25, 0.3) is 10.6 Å². The second kappa shape index (κ2) is 7.82. The number of halogens is 2. The molecule has 0 spiro atoms. The van der Waals surface area contributed by atoms with Crippen LogP contribution in [0.15, 0.2) is 41.9 Å². The molecule has 2 aromatic heterocycles. The number of aromatic nitrogens is 2. The van der Waals surface area contributed by atoms with Crippen molar-refractivity contribution in [2.24, 2.45) is 0 Å². The summed E-state index contributed by atoms with van der Waals surface area (Å²) in [7, 11) is 1.62. The molecule has 0 aliphatic carbocycles. The molecule has 1 aromatic carbocycles. The Morgan fingerprint density at radius 2 is 2.00 bits per heavy atom. The number of benzene rings is 1. The fourth-order valence-electron chi connectivity index (χ4n) is 2.00. The molecule has 0 saturated heterocycles. The zero-order valence-electron chi connectivity index (χ0n) is 13.0. The van der Waals surface area contributed by atoms with Crippen LogP contribution in [-0.4, -0.2) is 23.0 Å². The average Bonchev–Trinajstić information content (AvgIpc) is 3.11. The van der Waals surface area contributed by atoms with Crippen LogP contribution in [0.4, 0.5) is 0 Å². The molecular weight excluding hydrogens is 383 g/mol. The molecule has 0 atom stereocenters. The number of ether oxygens (including phenoxy) is 2. The van der Waals surface area contributed by atoms with Crippen LogP contribution in [0, 0.1) is 0 Å². The molecule has 0 aliphatic rings. The van der Waals surface area contributed by atoms with Crippen LogP contribution in [0.3, 0.4) is 0 Å². The van der Waals surface area contributed by atoms with E-state index >= 15 is 0 Å². The van der Waals surface area contributed by atoms with Crippen molar-refractivity contribution in [3.63, 3.8) is 0 Å². The minimum absolute atomic E-state index is 0.0612. The van der Waals surface area contributed by atoms with E-state index in [0.29, 0.717) is 5.69 Å². The van der Waals surface area contributed by atoms with E-state index in [1.54, 1.807) is 7.11 Å². The van der Waals surface area contributed by atoms with Crippen molar-refractivity contribution in [2.45, 2.75) is 6.61 Å². The first-order valence-electron chi connectivity index (χ1n) is 7.14. The molecule has 0 saturated carbocycles. The summed E-state index contributed by atoms with van der Waals surface area (Å²) in [5.74, 6) is 0.245. The number of methoxy groups -OCH3 is 1. The fourth-order valence-corrected chi connectivity index (χ4v) is 3.08. The van der Waals surface area contributed by atoms with Gasteiger partial charge in [0.1, 0.15) is 22.5 Å². The summed E-state index contributed by atoms with van der Waals surface area (Å²) < 4.78 is 10.4. The molecule has 0 amide bonds. The molecule has 3 rings (SSSR count). The van der Waals surface area contributed by atoms with E-state index in [2.05, 4.69) is 9.97 Å². The summed E-state index contributed by atoms with van der Waals surface area (Å²) in [6, 6.07) is 9.01. The number of pyridine rings is 1. The van der Waals surface area contributed by atoms with Crippen molar-refractivity contribution in [3.05, 3.63) is 63.3 Å². The Bertz CT molecular complexity index is 897. The third kappa shape index (κ3) is 4.28. The van der Waals surface area contributed by atoms with Gasteiger partial charge in [-0.15, -0.1) is 11.3 Å². The topological polar surface area (TPSA) is 61.3 Å². The van der Waals surface area contributed by atoms with Crippen molar-refractivity contribution in [3.8, 4) is 16.3 Å². The normalized spacial score (nSPS) is 10.5. The summed E-state index contributed by atoms with van der Waals surface area (Å²) in [6.07, 6.45) is 1.32. The Kier molecular flexibility index (Phi) is 5.53. The first-order chi connectivity index (χ1) is 12.1. The van der Waals surface area contributed by atoms with Gasteiger partial charge in [0.2, 0.25) is 0 Å². The Balaban J connectivity index is 1.64. The van der Waals surface area contributed by atoms with Gasteiger partial charge in [0.25, 0.3) is 0 Å². The third-order valence-electron chi connectivity index (χ3n) is 3.27. The van der Waals surface area contributed by atoms with Crippen LogP contribution in [0.1, 0.15) is 16.1 Å². The first kappa shape index (κ1) is 17.7. The molecule has 0 fully saturated rings. The zero-order chi connectivity index (χ0) is 17.8. The molecule has 0 unspecified atom stereocenters. The Morgan fingerprint density at radius 3 is 2.68 bits per heavy atom. The summed E-state index contributed by atoms with van der Waals surface area (Å²) in [5.41, 5.74) is 1.87. The van der Waals surface area contributed by atoms with E-state index in [9.17, 15) is 4.79 Å². The second-order valence-electron chi connectivity index (χ2n) is 4.95. The van der Waals surface area contributed by atoms with Crippen LogP contribution in [0.2, 0.25) is 10.2 Å². The van der Waals surface area contributed by atoms with Crippen molar-refractivity contribution in [1.29, 1.82) is 0 Å². The molecule has 128 valence electrons. The number of rotatable bonds is 5. The highest BCUT2D eigenvalue weighted by molar-refractivity contribution is 7.13. The standard InChI is InChI=1S/C17H12Cl2N2O3S/c1-23-13-4-2-10(3-5-13)16-21-12(9-25-16)8-24-17(22)11-6-14(18)15(19)20-7-11/h2-7,9H,8H2,1H3. The van der Waals surface area contributed by atoms with Gasteiger partial charge in [-0.3, -0.25) is 0 Å². The molecular formula is C17H12Cl2N2O3S. The summed E-state index contributed by atoms with van der Waals surface area (Å²) in [5, 5.41) is 3.03. The first-order valence-corrected chi connectivity index (χ1v) is 8.77. The minimum Gasteiger partial charge on any atom is -0.497 e. The summed E-state index contributed by atoms with van der Waals surface area (Å²) in [6.45, 7) is 0.0612. The van der Waals surface area contributed by atoms with Gasteiger partial charge in [-0.05, 0) is 30.3 Å². The highest BCUT2D eigenvalue weighted by atomic mass is 35.5. The Labute approximate surface area is 158 Å². The van der Waals surface area contributed by atoms with Crippen LogP contribution in [0.5, 0.6) is 5.75 Å². The molecule has 0 N–H and O–H groups in total. The third-order valence-corrected chi connectivity index (χ3v) is 4.90. The minimum atomic E-state index is -0.537. The monoisotopic (exact) mass is 394 g/mol. The van der Waals surface area contributed by atoms with Crippen LogP contribution < -0.4 is 4.74 Å². The lowest BCUT2D eigenvalue weighted by Crippen LogP contribution is -2.06. The van der Waals surface area contributed by atoms with Gasteiger partial charge < -0.3 is 9.47 Å². The van der Waals surface area contributed by atoms with E-state index in [-0.39, 0.29) is 22.3 Å². The van der Waals surface area contributed by atoms with Gasteiger partial charge in [0.05, 0.1) is 23.4 Å². The number of hydrogen-bond donors (Lipinski definition) is 0. The number of nitrogens with zero attached hydrogens (tertiary/aromatic N) is 2. The number of thiazole rings is 1. The number of carbonyl (C=O) groups is 1. The number of esters is 1. The van der Waals surface area contributed by atoms with Gasteiger partial charge in [0, 0.05) is 17.1 Å². The van der Waals surface area contributed by atoms with E-state index in [1.165, 1.54) is 23.6 Å². The Hall–Kier alpha value is -2.15. The maximum Gasteiger partial charge on any atom is 0.340 e. The maximum absolute atomic E-state index is 12.0. The van der Waals surface area contributed by atoms with Crippen LogP contribution >= 0.6 is 34.5 Å². The predicted octanol–water partition coefficient (Wildman–Crippen LogP) is 4.88. The van der Waals surface area contributed by atoms with E-state index in [0.717, 1.165) is 16.3 Å². The lowest BCUT2D eigenvalue weighted by atomic mass is 10.2. The molecule has 0 bridgehead atoms. The summed E-state index contributed by atoms with van der Waals surface area (Å²) >= 11 is 13.0. The van der Waals surface area contributed by atoms with Crippen molar-refractivity contribution in [1.82, 2.24) is 9.97 Å². The molecule has 3 aromatic rings.